The van der Waals surface area contributed by atoms with E-state index in [0.717, 1.165) is 42.4 Å². The van der Waals surface area contributed by atoms with Gasteiger partial charge in [-0.2, -0.15) is 0 Å². The first-order valence-corrected chi connectivity index (χ1v) is 10.1. The number of benzene rings is 1. The van der Waals surface area contributed by atoms with Gasteiger partial charge in [-0.25, -0.2) is 0 Å². The molecule has 1 aromatic carbocycles. The van der Waals surface area contributed by atoms with Crippen LogP contribution in [0.1, 0.15) is 48.6 Å². The summed E-state index contributed by atoms with van der Waals surface area (Å²) in [7, 11) is 3.32. The smallest absolute Gasteiger partial charge is 0.268 e. The van der Waals surface area contributed by atoms with E-state index in [0.29, 0.717) is 6.04 Å². The van der Waals surface area contributed by atoms with Gasteiger partial charge in [0, 0.05) is 55.3 Å². The van der Waals surface area contributed by atoms with Crippen molar-refractivity contribution < 1.29 is 14.3 Å². The molecular formula is C22H29N3O3. The Hall–Kier alpha value is -2.63. The predicted octanol–water partition coefficient (Wildman–Crippen LogP) is 3.63. The molecule has 0 bridgehead atoms. The molecule has 1 unspecified atom stereocenters. The Morgan fingerprint density at radius 3 is 2.46 bits per heavy atom. The number of nitrogens with zero attached hydrogens (tertiary/aromatic N) is 2. The lowest BCUT2D eigenvalue weighted by molar-refractivity contribution is 0.0929. The monoisotopic (exact) mass is 383 g/mol. The minimum atomic E-state index is 0.0342. The Balaban J connectivity index is 1.41. The number of nitrogens with one attached hydrogen (secondary N) is 1. The van der Waals surface area contributed by atoms with E-state index in [4.69, 9.17) is 9.47 Å². The van der Waals surface area contributed by atoms with Crippen LogP contribution in [0.2, 0.25) is 0 Å². The Morgan fingerprint density at radius 2 is 1.79 bits per heavy atom. The quantitative estimate of drug-likeness (QED) is 0.828. The van der Waals surface area contributed by atoms with Crippen LogP contribution in [0, 0.1) is 0 Å². The van der Waals surface area contributed by atoms with Crippen molar-refractivity contribution in [1.29, 1.82) is 0 Å². The number of carbonyl (C=O) groups is 1. The van der Waals surface area contributed by atoms with Crippen LogP contribution >= 0.6 is 0 Å². The molecule has 1 N–H and O–H groups in total. The van der Waals surface area contributed by atoms with E-state index in [9.17, 15) is 4.79 Å². The maximum Gasteiger partial charge on any atom is 0.268 e. The fourth-order valence-electron chi connectivity index (χ4n) is 4.43. The Morgan fingerprint density at radius 1 is 1.07 bits per heavy atom. The average molecular weight is 383 g/mol. The minimum Gasteiger partial charge on any atom is -0.497 e. The normalized spacial score (nSPS) is 19.8. The summed E-state index contributed by atoms with van der Waals surface area (Å²) in [5, 5.41) is 3.24. The first-order valence-electron chi connectivity index (χ1n) is 10.1. The standard InChI is InChI=1S/C22H29N3O3/c1-27-19-12-18(13-20(14-19)28-2)24-11-9-16(15-24)23-22(26)21-8-5-10-25(21)17-6-3-4-7-17/h5,8,10,12-14,16-17H,3-4,6-7,9,11,15H2,1-2H3,(H,23,26). The van der Waals surface area contributed by atoms with Crippen molar-refractivity contribution in [3.05, 3.63) is 42.2 Å². The first kappa shape index (κ1) is 18.7. The summed E-state index contributed by atoms with van der Waals surface area (Å²) in [5.74, 6) is 1.58. The molecule has 2 heterocycles. The summed E-state index contributed by atoms with van der Waals surface area (Å²) in [5.41, 5.74) is 1.84. The van der Waals surface area contributed by atoms with Gasteiger partial charge in [0.2, 0.25) is 0 Å². The molecule has 1 atom stereocenters. The van der Waals surface area contributed by atoms with E-state index >= 15 is 0 Å². The summed E-state index contributed by atoms with van der Waals surface area (Å²) in [4.78, 5) is 15.2. The third-order valence-electron chi connectivity index (χ3n) is 5.95. The molecule has 150 valence electrons. The van der Waals surface area contributed by atoms with Crippen LogP contribution in [0.4, 0.5) is 5.69 Å². The highest BCUT2D eigenvalue weighted by Crippen LogP contribution is 2.32. The molecule has 1 amide bonds. The maximum atomic E-state index is 12.9. The fraction of sp³-hybridized carbons (Fsp3) is 0.500. The number of hydrogen-bond donors (Lipinski definition) is 1. The molecule has 1 aliphatic carbocycles. The number of anilines is 1. The first-order chi connectivity index (χ1) is 13.7. The number of carbonyl (C=O) groups excluding carboxylic acids is 1. The fourth-order valence-corrected chi connectivity index (χ4v) is 4.43. The van der Waals surface area contributed by atoms with Gasteiger partial charge in [-0.1, -0.05) is 12.8 Å². The van der Waals surface area contributed by atoms with Gasteiger partial charge in [0.1, 0.15) is 17.2 Å². The van der Waals surface area contributed by atoms with Crippen LogP contribution in [0.25, 0.3) is 0 Å². The van der Waals surface area contributed by atoms with Crippen LogP contribution in [-0.2, 0) is 0 Å². The van der Waals surface area contributed by atoms with Crippen molar-refractivity contribution in [2.45, 2.75) is 44.2 Å². The molecule has 2 fully saturated rings. The second-order valence-electron chi connectivity index (χ2n) is 7.71. The highest BCUT2D eigenvalue weighted by molar-refractivity contribution is 5.93. The summed E-state index contributed by atoms with van der Waals surface area (Å²) < 4.78 is 12.9. The molecule has 6 heteroatoms. The van der Waals surface area contributed by atoms with Gasteiger partial charge in [-0.05, 0) is 31.4 Å². The lowest BCUT2D eigenvalue weighted by Gasteiger charge is -2.21. The second kappa shape index (κ2) is 8.17. The minimum absolute atomic E-state index is 0.0342. The Bertz CT molecular complexity index is 804. The summed E-state index contributed by atoms with van der Waals surface area (Å²) in [6.07, 6.45) is 7.83. The number of methoxy groups -OCH3 is 2. The molecule has 2 aromatic rings. The zero-order valence-corrected chi connectivity index (χ0v) is 16.7. The molecular weight excluding hydrogens is 354 g/mol. The highest BCUT2D eigenvalue weighted by atomic mass is 16.5. The van der Waals surface area contributed by atoms with Crippen molar-refractivity contribution in [3.63, 3.8) is 0 Å². The average Bonchev–Trinajstić information content (AvgIpc) is 3.47. The SMILES string of the molecule is COc1cc(OC)cc(N2CCC(NC(=O)c3cccn3C3CCCC3)C2)c1. The second-order valence-corrected chi connectivity index (χ2v) is 7.71. The van der Waals surface area contributed by atoms with Crippen molar-refractivity contribution in [1.82, 2.24) is 9.88 Å². The molecule has 0 spiro atoms. The molecule has 2 aliphatic rings. The van der Waals surface area contributed by atoms with E-state index < -0.39 is 0 Å². The molecule has 4 rings (SSSR count). The lowest BCUT2D eigenvalue weighted by atomic mass is 10.2. The Kier molecular flexibility index (Phi) is 5.46. The predicted molar refractivity (Wildman–Crippen MR) is 110 cm³/mol. The highest BCUT2D eigenvalue weighted by Gasteiger charge is 2.27. The van der Waals surface area contributed by atoms with Crippen molar-refractivity contribution in [2.75, 3.05) is 32.2 Å². The van der Waals surface area contributed by atoms with Crippen molar-refractivity contribution in [2.24, 2.45) is 0 Å². The zero-order valence-electron chi connectivity index (χ0n) is 16.7. The van der Waals surface area contributed by atoms with E-state index in [1.165, 1.54) is 25.7 Å². The van der Waals surface area contributed by atoms with Gasteiger partial charge in [-0.3, -0.25) is 4.79 Å². The molecule has 1 saturated carbocycles. The van der Waals surface area contributed by atoms with E-state index in [1.54, 1.807) is 14.2 Å². The molecule has 1 aliphatic heterocycles. The summed E-state index contributed by atoms with van der Waals surface area (Å²) in [6.45, 7) is 1.68. The van der Waals surface area contributed by atoms with Gasteiger partial charge in [0.25, 0.3) is 5.91 Å². The molecule has 28 heavy (non-hydrogen) atoms. The topological polar surface area (TPSA) is 55.7 Å². The number of ether oxygens (including phenoxy) is 2. The van der Waals surface area contributed by atoms with Crippen molar-refractivity contribution in [3.8, 4) is 11.5 Å². The third-order valence-corrected chi connectivity index (χ3v) is 5.95. The molecule has 1 saturated heterocycles. The van der Waals surface area contributed by atoms with Crippen molar-refractivity contribution >= 4 is 11.6 Å². The summed E-state index contributed by atoms with van der Waals surface area (Å²) in [6, 6.07) is 10.4. The van der Waals surface area contributed by atoms with Gasteiger partial charge in [0.05, 0.1) is 14.2 Å². The number of hydrogen-bond acceptors (Lipinski definition) is 4. The lowest BCUT2D eigenvalue weighted by Crippen LogP contribution is -2.38. The maximum absolute atomic E-state index is 12.9. The van der Waals surface area contributed by atoms with Crippen LogP contribution in [-0.4, -0.2) is 43.8 Å². The van der Waals surface area contributed by atoms with E-state index in [1.807, 2.05) is 36.5 Å². The molecule has 0 radical (unpaired) electrons. The molecule has 6 nitrogen and oxygen atoms in total. The van der Waals surface area contributed by atoms with E-state index in [-0.39, 0.29) is 11.9 Å². The van der Waals surface area contributed by atoms with Crippen LogP contribution in [0.15, 0.2) is 36.5 Å². The number of amides is 1. The van der Waals surface area contributed by atoms with Crippen LogP contribution < -0.4 is 19.7 Å². The largest absolute Gasteiger partial charge is 0.497 e. The summed E-state index contributed by atoms with van der Waals surface area (Å²) >= 11 is 0. The third kappa shape index (κ3) is 3.81. The van der Waals surface area contributed by atoms with Gasteiger partial charge >= 0.3 is 0 Å². The zero-order chi connectivity index (χ0) is 19.5. The number of aromatic nitrogens is 1. The van der Waals surface area contributed by atoms with Gasteiger partial charge < -0.3 is 24.3 Å². The van der Waals surface area contributed by atoms with E-state index in [2.05, 4.69) is 14.8 Å². The van der Waals surface area contributed by atoms with Gasteiger partial charge in [-0.15, -0.1) is 0 Å². The Labute approximate surface area is 166 Å². The number of rotatable bonds is 6. The molecule has 1 aromatic heterocycles. The van der Waals surface area contributed by atoms with Crippen LogP contribution in [0.5, 0.6) is 11.5 Å². The van der Waals surface area contributed by atoms with Gasteiger partial charge in [0.15, 0.2) is 0 Å². The van der Waals surface area contributed by atoms with Crippen LogP contribution in [0.3, 0.4) is 0 Å².